The number of benzene rings is 2. The van der Waals surface area contributed by atoms with Crippen molar-refractivity contribution >= 4 is 25.8 Å². The summed E-state index contributed by atoms with van der Waals surface area (Å²) in [6.45, 7) is 0.308. The van der Waals surface area contributed by atoms with Crippen LogP contribution in [0.4, 0.5) is 4.79 Å². The van der Waals surface area contributed by atoms with E-state index < -0.39 is 15.1 Å². The van der Waals surface area contributed by atoms with Crippen LogP contribution in [-0.4, -0.2) is 27.2 Å². The van der Waals surface area contributed by atoms with Gasteiger partial charge in [-0.15, -0.1) is 0 Å². The lowest BCUT2D eigenvalue weighted by atomic mass is 10.0. The van der Waals surface area contributed by atoms with E-state index in [4.69, 9.17) is 20.2 Å². The van der Waals surface area contributed by atoms with Crippen LogP contribution in [0.15, 0.2) is 53.4 Å². The molecule has 0 saturated heterocycles. The highest BCUT2D eigenvalue weighted by Crippen LogP contribution is 2.33. The van der Waals surface area contributed by atoms with Crippen LogP contribution in [0.5, 0.6) is 5.75 Å². The molecule has 2 aromatic carbocycles. The van der Waals surface area contributed by atoms with E-state index in [0.29, 0.717) is 12.0 Å². The van der Waals surface area contributed by atoms with Gasteiger partial charge in [-0.1, -0.05) is 42.5 Å². The molecule has 0 aliphatic carbocycles. The number of ether oxygens (including phenoxy) is 2. The molecule has 8 heteroatoms. The standard InChI is InChI=1S/C17H16ClNO5S/c18-25(21,22)15-8-4-7-13-9-14(11-23-16(13)15)19-17(20)24-10-12-5-2-1-3-6-12/h1-8,14H,9-11H2,(H,19,20)/t14-/m0/s1. The van der Waals surface area contributed by atoms with Gasteiger partial charge in [0.2, 0.25) is 0 Å². The van der Waals surface area contributed by atoms with Crippen molar-refractivity contribution in [3.63, 3.8) is 0 Å². The summed E-state index contributed by atoms with van der Waals surface area (Å²) in [5.41, 5.74) is 1.56. The summed E-state index contributed by atoms with van der Waals surface area (Å²) in [5.74, 6) is 0.244. The molecule has 2 aromatic rings. The molecule has 1 aliphatic rings. The quantitative estimate of drug-likeness (QED) is 0.823. The van der Waals surface area contributed by atoms with Crippen LogP contribution in [0.25, 0.3) is 0 Å². The normalized spacial score (nSPS) is 16.4. The summed E-state index contributed by atoms with van der Waals surface area (Å²) in [6.07, 6.45) is -0.127. The van der Waals surface area contributed by atoms with Crippen molar-refractivity contribution in [1.82, 2.24) is 5.32 Å². The van der Waals surface area contributed by atoms with Crippen molar-refractivity contribution in [3.05, 3.63) is 59.7 Å². The number of carbonyl (C=O) groups excluding carboxylic acids is 1. The third-order valence-electron chi connectivity index (χ3n) is 3.75. The summed E-state index contributed by atoms with van der Waals surface area (Å²) < 4.78 is 33.9. The maximum absolute atomic E-state index is 11.9. The molecule has 1 amide bonds. The molecular weight excluding hydrogens is 366 g/mol. The van der Waals surface area contributed by atoms with E-state index in [-0.39, 0.29) is 29.9 Å². The molecule has 3 rings (SSSR count). The van der Waals surface area contributed by atoms with Crippen molar-refractivity contribution in [3.8, 4) is 5.75 Å². The van der Waals surface area contributed by atoms with Gasteiger partial charge in [0.15, 0.2) is 0 Å². The lowest BCUT2D eigenvalue weighted by Gasteiger charge is -2.26. The zero-order valence-corrected chi connectivity index (χ0v) is 14.7. The number of alkyl carbamates (subject to hydrolysis) is 1. The third-order valence-corrected chi connectivity index (χ3v) is 5.10. The molecule has 1 N–H and O–H groups in total. The van der Waals surface area contributed by atoms with Gasteiger partial charge in [-0.05, 0) is 23.6 Å². The van der Waals surface area contributed by atoms with Crippen LogP contribution in [-0.2, 0) is 26.8 Å². The van der Waals surface area contributed by atoms with Crippen LogP contribution in [0.1, 0.15) is 11.1 Å². The highest BCUT2D eigenvalue weighted by molar-refractivity contribution is 8.13. The number of rotatable bonds is 4. The predicted octanol–water partition coefficient (Wildman–Crippen LogP) is 2.84. The minimum Gasteiger partial charge on any atom is -0.490 e. The van der Waals surface area contributed by atoms with Gasteiger partial charge >= 0.3 is 6.09 Å². The summed E-state index contributed by atoms with van der Waals surface area (Å²) in [7, 11) is 1.53. The zero-order chi connectivity index (χ0) is 17.9. The number of hydrogen-bond acceptors (Lipinski definition) is 5. The number of hydrogen-bond donors (Lipinski definition) is 1. The molecule has 0 radical (unpaired) electrons. The number of fused-ring (bicyclic) bond motifs is 1. The smallest absolute Gasteiger partial charge is 0.407 e. The van der Waals surface area contributed by atoms with Crippen LogP contribution in [0.3, 0.4) is 0 Å². The van der Waals surface area contributed by atoms with Gasteiger partial charge in [0.05, 0.1) is 6.04 Å². The highest BCUT2D eigenvalue weighted by atomic mass is 35.7. The molecule has 1 atom stereocenters. The minimum absolute atomic E-state index is 0.0585. The van der Waals surface area contributed by atoms with Crippen molar-refractivity contribution in [2.75, 3.05) is 6.61 Å². The molecule has 0 bridgehead atoms. The van der Waals surface area contributed by atoms with E-state index in [2.05, 4.69) is 5.32 Å². The van der Waals surface area contributed by atoms with Crippen LogP contribution in [0, 0.1) is 0 Å². The fourth-order valence-electron chi connectivity index (χ4n) is 2.61. The maximum Gasteiger partial charge on any atom is 0.407 e. The van der Waals surface area contributed by atoms with Gasteiger partial charge in [0.1, 0.15) is 23.9 Å². The Morgan fingerprint density at radius 2 is 1.96 bits per heavy atom. The Balaban J connectivity index is 1.61. The largest absolute Gasteiger partial charge is 0.490 e. The zero-order valence-electron chi connectivity index (χ0n) is 13.1. The first-order valence-electron chi connectivity index (χ1n) is 7.60. The Kier molecular flexibility index (Phi) is 5.15. The van der Waals surface area contributed by atoms with Crippen LogP contribution in [0.2, 0.25) is 0 Å². The first-order valence-corrected chi connectivity index (χ1v) is 9.91. The van der Waals surface area contributed by atoms with Crippen molar-refractivity contribution < 1.29 is 22.7 Å². The van der Waals surface area contributed by atoms with Gasteiger partial charge in [0.25, 0.3) is 9.05 Å². The van der Waals surface area contributed by atoms with E-state index in [1.54, 1.807) is 12.1 Å². The maximum atomic E-state index is 11.9. The molecule has 132 valence electrons. The van der Waals surface area contributed by atoms with Gasteiger partial charge in [-0.3, -0.25) is 0 Å². The number of amides is 1. The fourth-order valence-corrected chi connectivity index (χ4v) is 3.63. The molecule has 0 spiro atoms. The van der Waals surface area contributed by atoms with Crippen LogP contribution < -0.4 is 10.1 Å². The highest BCUT2D eigenvalue weighted by Gasteiger charge is 2.27. The SMILES string of the molecule is O=C(N[C@@H]1COc2c(cccc2S(=O)(=O)Cl)C1)OCc1ccccc1. The monoisotopic (exact) mass is 381 g/mol. The van der Waals surface area contributed by atoms with E-state index >= 15 is 0 Å². The number of halogens is 1. The molecule has 0 aromatic heterocycles. The second-order valence-corrected chi connectivity index (χ2v) is 8.13. The van der Waals surface area contributed by atoms with Crippen LogP contribution >= 0.6 is 10.7 Å². The van der Waals surface area contributed by atoms with Gasteiger partial charge in [-0.25, -0.2) is 13.2 Å². The molecule has 0 saturated carbocycles. The number of nitrogens with one attached hydrogen (secondary N) is 1. The summed E-state index contributed by atoms with van der Waals surface area (Å²) >= 11 is 0. The van der Waals surface area contributed by atoms with Gasteiger partial charge < -0.3 is 14.8 Å². The fraction of sp³-hybridized carbons (Fsp3) is 0.235. The average molecular weight is 382 g/mol. The van der Waals surface area contributed by atoms with Gasteiger partial charge in [-0.2, -0.15) is 0 Å². The van der Waals surface area contributed by atoms with Crippen molar-refractivity contribution in [1.29, 1.82) is 0 Å². The summed E-state index contributed by atoms with van der Waals surface area (Å²) in [4.78, 5) is 11.9. The topological polar surface area (TPSA) is 81.7 Å². The second kappa shape index (κ2) is 7.33. The molecule has 1 aliphatic heterocycles. The number of carbonyl (C=O) groups is 1. The first-order chi connectivity index (χ1) is 11.9. The van der Waals surface area contributed by atoms with Gasteiger partial charge in [0, 0.05) is 10.7 Å². The molecule has 0 unspecified atom stereocenters. The Labute approximate surface area is 150 Å². The molecule has 25 heavy (non-hydrogen) atoms. The third kappa shape index (κ3) is 4.43. The Morgan fingerprint density at radius 3 is 2.68 bits per heavy atom. The predicted molar refractivity (Wildman–Crippen MR) is 92.2 cm³/mol. The molecule has 6 nitrogen and oxygen atoms in total. The second-order valence-electron chi connectivity index (χ2n) is 5.60. The molecule has 1 heterocycles. The molecule has 0 fully saturated rings. The van der Waals surface area contributed by atoms with Crippen molar-refractivity contribution in [2.24, 2.45) is 0 Å². The molecular formula is C17H16ClNO5S. The summed E-state index contributed by atoms with van der Waals surface area (Å²) in [5, 5.41) is 2.72. The Morgan fingerprint density at radius 1 is 1.20 bits per heavy atom. The summed E-state index contributed by atoms with van der Waals surface area (Å²) in [6, 6.07) is 13.7. The lowest BCUT2D eigenvalue weighted by molar-refractivity contribution is 0.128. The first kappa shape index (κ1) is 17.6. The van der Waals surface area contributed by atoms with E-state index in [0.717, 1.165) is 5.56 Å². The Hall–Kier alpha value is -2.25. The van der Waals surface area contributed by atoms with E-state index in [1.165, 1.54) is 6.07 Å². The minimum atomic E-state index is -3.89. The number of para-hydroxylation sites is 1. The average Bonchev–Trinajstić information content (AvgIpc) is 2.59. The van der Waals surface area contributed by atoms with E-state index in [1.807, 2.05) is 30.3 Å². The Bertz CT molecular complexity index is 870. The lowest BCUT2D eigenvalue weighted by Crippen LogP contribution is -2.43. The van der Waals surface area contributed by atoms with E-state index in [9.17, 15) is 13.2 Å². The van der Waals surface area contributed by atoms with Crippen molar-refractivity contribution in [2.45, 2.75) is 24.0 Å².